The van der Waals surface area contributed by atoms with Gasteiger partial charge < -0.3 is 5.32 Å². The predicted molar refractivity (Wildman–Crippen MR) is 72.9 cm³/mol. The van der Waals surface area contributed by atoms with Crippen LogP contribution in [0.5, 0.6) is 0 Å². The van der Waals surface area contributed by atoms with Gasteiger partial charge in [0, 0.05) is 22.4 Å². The number of amides is 1. The Morgan fingerprint density at radius 1 is 1.35 bits per heavy atom. The van der Waals surface area contributed by atoms with Crippen molar-refractivity contribution in [1.82, 2.24) is 4.98 Å². The van der Waals surface area contributed by atoms with Gasteiger partial charge in [0.15, 0.2) is 0 Å². The van der Waals surface area contributed by atoms with Crippen LogP contribution in [0.3, 0.4) is 0 Å². The quantitative estimate of drug-likeness (QED) is 0.687. The van der Waals surface area contributed by atoms with Crippen molar-refractivity contribution >= 4 is 33.2 Å². The van der Waals surface area contributed by atoms with Crippen molar-refractivity contribution in [3.63, 3.8) is 0 Å². The normalized spacial score (nSPS) is 10.1. The number of carbonyl (C=O) groups excluding carboxylic acids is 1. The summed E-state index contributed by atoms with van der Waals surface area (Å²) in [4.78, 5) is 25.5. The number of aromatic nitrogens is 1. The molecule has 20 heavy (non-hydrogen) atoms. The minimum absolute atomic E-state index is 0.118. The molecule has 0 unspecified atom stereocenters. The molecule has 6 nitrogen and oxygen atoms in total. The van der Waals surface area contributed by atoms with Gasteiger partial charge >= 0.3 is 5.69 Å². The van der Waals surface area contributed by atoms with Crippen LogP contribution in [0.1, 0.15) is 10.5 Å². The lowest BCUT2D eigenvalue weighted by atomic mass is 10.2. The number of hydrogen-bond acceptors (Lipinski definition) is 4. The van der Waals surface area contributed by atoms with Gasteiger partial charge in [0.2, 0.25) is 5.82 Å². The summed E-state index contributed by atoms with van der Waals surface area (Å²) in [6.45, 7) is 0. The molecule has 1 heterocycles. The first-order chi connectivity index (χ1) is 9.47. The Kier molecular flexibility index (Phi) is 4.04. The average molecular weight is 340 g/mol. The summed E-state index contributed by atoms with van der Waals surface area (Å²) in [5.41, 5.74) is -0.445. The molecular formula is C12H7BrFN3O3. The van der Waals surface area contributed by atoms with E-state index in [0.717, 1.165) is 12.1 Å². The van der Waals surface area contributed by atoms with E-state index in [0.29, 0.717) is 4.47 Å². The van der Waals surface area contributed by atoms with Crippen LogP contribution in [0, 0.1) is 15.9 Å². The number of nitro groups is 1. The number of anilines is 1. The first-order valence-electron chi connectivity index (χ1n) is 5.34. The van der Waals surface area contributed by atoms with Crippen molar-refractivity contribution < 1.29 is 14.1 Å². The number of carbonyl (C=O) groups is 1. The average Bonchev–Trinajstić information content (AvgIpc) is 2.41. The van der Waals surface area contributed by atoms with Crippen molar-refractivity contribution in [2.75, 3.05) is 5.32 Å². The van der Waals surface area contributed by atoms with Crippen molar-refractivity contribution in [2.45, 2.75) is 0 Å². The van der Waals surface area contributed by atoms with Crippen molar-refractivity contribution in [1.29, 1.82) is 0 Å². The zero-order valence-electron chi connectivity index (χ0n) is 9.84. The van der Waals surface area contributed by atoms with Gasteiger partial charge in [-0.2, -0.15) is 4.39 Å². The Morgan fingerprint density at radius 2 is 2.10 bits per heavy atom. The van der Waals surface area contributed by atoms with E-state index in [1.54, 1.807) is 6.07 Å². The first-order valence-corrected chi connectivity index (χ1v) is 6.13. The minimum Gasteiger partial charge on any atom is -0.320 e. The second kappa shape index (κ2) is 5.74. The number of nitrogens with zero attached hydrogens (tertiary/aromatic N) is 2. The molecule has 0 saturated carbocycles. The summed E-state index contributed by atoms with van der Waals surface area (Å²) >= 11 is 3.18. The third-order valence-corrected chi connectivity index (χ3v) is 2.83. The Labute approximate surface area is 120 Å². The maximum absolute atomic E-state index is 13.2. The van der Waals surface area contributed by atoms with Gasteiger partial charge in [0.05, 0.1) is 4.92 Å². The topological polar surface area (TPSA) is 85.1 Å². The zero-order valence-corrected chi connectivity index (χ0v) is 11.4. The molecule has 0 fully saturated rings. The standard InChI is InChI=1S/C12H7BrFN3O3/c13-7-1-4-10(15-6-7)12(18)16-8-2-3-9(14)11(5-8)17(19)20/h1-6H,(H,16,18). The maximum atomic E-state index is 13.2. The second-order valence-corrected chi connectivity index (χ2v) is 4.65. The maximum Gasteiger partial charge on any atom is 0.306 e. The Bertz CT molecular complexity index is 676. The summed E-state index contributed by atoms with van der Waals surface area (Å²) in [6, 6.07) is 6.22. The number of rotatable bonds is 3. The predicted octanol–water partition coefficient (Wildman–Crippen LogP) is 3.14. The highest BCUT2D eigenvalue weighted by atomic mass is 79.9. The van der Waals surface area contributed by atoms with Crippen molar-refractivity contribution in [3.05, 3.63) is 62.6 Å². The summed E-state index contributed by atoms with van der Waals surface area (Å²) < 4.78 is 13.9. The molecule has 1 amide bonds. The number of benzene rings is 1. The summed E-state index contributed by atoms with van der Waals surface area (Å²) in [5, 5.41) is 13.0. The molecule has 0 saturated heterocycles. The van der Waals surface area contributed by atoms with Crippen LogP contribution in [-0.2, 0) is 0 Å². The van der Waals surface area contributed by atoms with Gasteiger partial charge in [-0.1, -0.05) is 0 Å². The molecule has 0 radical (unpaired) electrons. The summed E-state index contributed by atoms with van der Waals surface area (Å²) in [6.07, 6.45) is 1.45. The molecule has 2 rings (SSSR count). The molecular weight excluding hydrogens is 333 g/mol. The molecule has 102 valence electrons. The number of halogens is 2. The number of hydrogen-bond donors (Lipinski definition) is 1. The first kappa shape index (κ1) is 14.1. The fourth-order valence-electron chi connectivity index (χ4n) is 1.44. The van der Waals surface area contributed by atoms with Gasteiger partial charge in [-0.05, 0) is 40.2 Å². The van der Waals surface area contributed by atoms with E-state index >= 15 is 0 Å². The highest BCUT2D eigenvalue weighted by molar-refractivity contribution is 9.10. The van der Waals surface area contributed by atoms with Crippen LogP contribution in [-0.4, -0.2) is 15.8 Å². The van der Waals surface area contributed by atoms with Crippen LogP contribution in [0.15, 0.2) is 41.0 Å². The van der Waals surface area contributed by atoms with Crippen LogP contribution < -0.4 is 5.32 Å². The van der Waals surface area contributed by atoms with E-state index in [9.17, 15) is 19.3 Å². The lowest BCUT2D eigenvalue weighted by Crippen LogP contribution is -2.13. The molecule has 1 aromatic carbocycles. The summed E-state index contributed by atoms with van der Waals surface area (Å²) in [7, 11) is 0. The fourth-order valence-corrected chi connectivity index (χ4v) is 1.67. The number of nitro benzene ring substituents is 1. The van der Waals surface area contributed by atoms with E-state index in [-0.39, 0.29) is 11.4 Å². The molecule has 0 aliphatic heterocycles. The van der Waals surface area contributed by atoms with Crippen molar-refractivity contribution in [2.24, 2.45) is 0 Å². The lowest BCUT2D eigenvalue weighted by molar-refractivity contribution is -0.387. The number of pyridine rings is 1. The van der Waals surface area contributed by atoms with E-state index < -0.39 is 22.3 Å². The van der Waals surface area contributed by atoms with E-state index in [1.807, 2.05) is 0 Å². The highest BCUT2D eigenvalue weighted by Crippen LogP contribution is 2.22. The van der Waals surface area contributed by atoms with E-state index in [4.69, 9.17) is 0 Å². The molecule has 0 aliphatic rings. The van der Waals surface area contributed by atoms with E-state index in [2.05, 4.69) is 26.2 Å². The third-order valence-electron chi connectivity index (χ3n) is 2.36. The molecule has 1 N–H and O–H groups in total. The van der Waals surface area contributed by atoms with Crippen LogP contribution in [0.4, 0.5) is 15.8 Å². The Balaban J connectivity index is 2.21. The molecule has 1 aromatic heterocycles. The highest BCUT2D eigenvalue weighted by Gasteiger charge is 2.16. The van der Waals surface area contributed by atoms with E-state index in [1.165, 1.54) is 18.3 Å². The fraction of sp³-hybridized carbons (Fsp3) is 0. The molecule has 8 heteroatoms. The second-order valence-electron chi connectivity index (χ2n) is 3.74. The summed E-state index contributed by atoms with van der Waals surface area (Å²) in [5.74, 6) is -1.51. The van der Waals surface area contributed by atoms with Crippen LogP contribution in [0.2, 0.25) is 0 Å². The van der Waals surface area contributed by atoms with Gasteiger partial charge in [0.1, 0.15) is 5.69 Å². The minimum atomic E-state index is -0.963. The smallest absolute Gasteiger partial charge is 0.306 e. The van der Waals surface area contributed by atoms with Gasteiger partial charge in [-0.25, -0.2) is 4.98 Å². The lowest BCUT2D eigenvalue weighted by Gasteiger charge is -2.05. The molecule has 0 bridgehead atoms. The largest absolute Gasteiger partial charge is 0.320 e. The molecule has 0 atom stereocenters. The van der Waals surface area contributed by atoms with Crippen molar-refractivity contribution in [3.8, 4) is 0 Å². The Hall–Kier alpha value is -2.35. The van der Waals surface area contributed by atoms with Gasteiger partial charge in [-0.15, -0.1) is 0 Å². The molecule has 0 spiro atoms. The monoisotopic (exact) mass is 339 g/mol. The van der Waals surface area contributed by atoms with Gasteiger partial charge in [0.25, 0.3) is 5.91 Å². The van der Waals surface area contributed by atoms with Crippen LogP contribution in [0.25, 0.3) is 0 Å². The Morgan fingerprint density at radius 3 is 2.70 bits per heavy atom. The molecule has 2 aromatic rings. The zero-order chi connectivity index (χ0) is 14.7. The SMILES string of the molecule is O=C(Nc1ccc(F)c([N+](=O)[O-])c1)c1ccc(Br)cn1. The third kappa shape index (κ3) is 3.15. The van der Waals surface area contributed by atoms with Gasteiger partial charge in [-0.3, -0.25) is 14.9 Å². The number of nitrogens with one attached hydrogen (secondary N) is 1. The van der Waals surface area contributed by atoms with Crippen LogP contribution >= 0.6 is 15.9 Å². The molecule has 0 aliphatic carbocycles.